The number of piperazine rings is 1. The lowest BCUT2D eigenvalue weighted by Crippen LogP contribution is -2.60. The van der Waals surface area contributed by atoms with Crippen molar-refractivity contribution in [1.29, 1.82) is 0 Å². The molecule has 2 fully saturated rings. The number of benzene rings is 1. The number of rotatable bonds is 4. The van der Waals surface area contributed by atoms with E-state index in [0.717, 1.165) is 12.5 Å². The zero-order valence-corrected chi connectivity index (χ0v) is 11.4. The summed E-state index contributed by atoms with van der Waals surface area (Å²) in [5, 5.41) is 3.74. The van der Waals surface area contributed by atoms with Gasteiger partial charge < -0.3 is 5.32 Å². The number of hydrogen-bond donors (Lipinski definition) is 1. The fourth-order valence-electron chi connectivity index (χ4n) is 3.22. The molecule has 1 aromatic carbocycles. The Hall–Kier alpha value is -0.860. The Kier molecular flexibility index (Phi) is 3.40. The summed E-state index contributed by atoms with van der Waals surface area (Å²) in [5.74, 6) is 0.928. The van der Waals surface area contributed by atoms with Crippen molar-refractivity contribution in [3.8, 4) is 0 Å². The molecule has 18 heavy (non-hydrogen) atoms. The maximum absolute atomic E-state index is 3.74. The Morgan fingerprint density at radius 3 is 2.78 bits per heavy atom. The minimum Gasteiger partial charge on any atom is -0.309 e. The van der Waals surface area contributed by atoms with Gasteiger partial charge in [0.15, 0.2) is 0 Å². The van der Waals surface area contributed by atoms with Gasteiger partial charge in [0, 0.05) is 31.7 Å². The second-order valence-corrected chi connectivity index (χ2v) is 6.13. The molecule has 1 aliphatic carbocycles. The van der Waals surface area contributed by atoms with Gasteiger partial charge in [0.1, 0.15) is 0 Å². The maximum Gasteiger partial charge on any atom is 0.0309 e. The van der Waals surface area contributed by atoms with Crippen molar-refractivity contribution in [3.63, 3.8) is 0 Å². The predicted molar refractivity (Wildman–Crippen MR) is 75.7 cm³/mol. The van der Waals surface area contributed by atoms with Gasteiger partial charge in [-0.1, -0.05) is 30.3 Å². The van der Waals surface area contributed by atoms with Crippen LogP contribution in [0.3, 0.4) is 0 Å². The van der Waals surface area contributed by atoms with Gasteiger partial charge in [-0.3, -0.25) is 4.90 Å². The Balaban J connectivity index is 1.53. The Bertz CT molecular complexity index is 385. The summed E-state index contributed by atoms with van der Waals surface area (Å²) in [4.78, 5) is 2.64. The first-order valence-corrected chi connectivity index (χ1v) is 7.28. The van der Waals surface area contributed by atoms with Gasteiger partial charge in [0.05, 0.1) is 0 Å². The van der Waals surface area contributed by atoms with E-state index in [2.05, 4.69) is 47.5 Å². The molecule has 98 valence electrons. The molecule has 1 unspecified atom stereocenters. The van der Waals surface area contributed by atoms with E-state index in [9.17, 15) is 0 Å². The monoisotopic (exact) mass is 244 g/mol. The highest BCUT2D eigenvalue weighted by molar-refractivity contribution is 5.15. The molecule has 0 radical (unpaired) electrons. The van der Waals surface area contributed by atoms with E-state index in [1.54, 1.807) is 0 Å². The molecular formula is C16H24N2. The first-order chi connectivity index (χ1) is 8.76. The summed E-state index contributed by atoms with van der Waals surface area (Å²) in [5.41, 5.74) is 1.85. The predicted octanol–water partition coefficient (Wildman–Crippen LogP) is 2.30. The lowest BCUT2D eigenvalue weighted by molar-refractivity contribution is 0.128. The molecule has 1 aromatic rings. The van der Waals surface area contributed by atoms with E-state index in [-0.39, 0.29) is 0 Å². The number of nitrogens with one attached hydrogen (secondary N) is 1. The van der Waals surface area contributed by atoms with Gasteiger partial charge in [-0.2, -0.15) is 0 Å². The topological polar surface area (TPSA) is 15.3 Å². The lowest BCUT2D eigenvalue weighted by Gasteiger charge is -2.42. The summed E-state index contributed by atoms with van der Waals surface area (Å²) in [6.45, 7) is 7.20. The van der Waals surface area contributed by atoms with Crippen LogP contribution in [-0.4, -0.2) is 36.6 Å². The molecule has 3 rings (SSSR count). The molecule has 1 aliphatic heterocycles. The van der Waals surface area contributed by atoms with Crippen molar-refractivity contribution in [1.82, 2.24) is 10.2 Å². The molecule has 0 bridgehead atoms. The summed E-state index contributed by atoms with van der Waals surface area (Å²) in [6.07, 6.45) is 4.04. The number of nitrogens with zero attached hydrogens (tertiary/aromatic N) is 1. The van der Waals surface area contributed by atoms with Crippen LogP contribution in [0, 0.1) is 5.92 Å². The van der Waals surface area contributed by atoms with E-state index in [1.165, 1.54) is 44.5 Å². The SMILES string of the molecule is CC1(C2CC2)CN(CCc2ccccc2)CCN1. The van der Waals surface area contributed by atoms with Crippen molar-refractivity contribution >= 4 is 0 Å². The van der Waals surface area contributed by atoms with Gasteiger partial charge in [-0.15, -0.1) is 0 Å². The van der Waals surface area contributed by atoms with E-state index in [4.69, 9.17) is 0 Å². The van der Waals surface area contributed by atoms with Gasteiger partial charge in [-0.05, 0) is 37.7 Å². The van der Waals surface area contributed by atoms with Gasteiger partial charge in [-0.25, -0.2) is 0 Å². The van der Waals surface area contributed by atoms with Crippen LogP contribution >= 0.6 is 0 Å². The van der Waals surface area contributed by atoms with Crippen molar-refractivity contribution in [2.45, 2.75) is 31.7 Å². The Morgan fingerprint density at radius 1 is 1.28 bits per heavy atom. The van der Waals surface area contributed by atoms with Crippen LogP contribution in [0.1, 0.15) is 25.3 Å². The van der Waals surface area contributed by atoms with E-state index in [0.29, 0.717) is 5.54 Å². The third-order valence-electron chi connectivity index (χ3n) is 4.55. The largest absolute Gasteiger partial charge is 0.309 e. The van der Waals surface area contributed by atoms with Crippen LogP contribution in [0.25, 0.3) is 0 Å². The van der Waals surface area contributed by atoms with Crippen molar-refractivity contribution in [2.24, 2.45) is 5.92 Å². The molecule has 2 aliphatic rings. The lowest BCUT2D eigenvalue weighted by atomic mass is 9.93. The van der Waals surface area contributed by atoms with Crippen LogP contribution in [-0.2, 0) is 6.42 Å². The normalized spacial score (nSPS) is 29.4. The fraction of sp³-hybridized carbons (Fsp3) is 0.625. The molecule has 0 spiro atoms. The minimum atomic E-state index is 0.384. The first kappa shape index (κ1) is 12.2. The highest BCUT2D eigenvalue weighted by Crippen LogP contribution is 2.40. The van der Waals surface area contributed by atoms with Crippen LogP contribution in [0.4, 0.5) is 0 Å². The van der Waals surface area contributed by atoms with Crippen molar-refractivity contribution in [3.05, 3.63) is 35.9 Å². The molecule has 1 atom stereocenters. The molecular weight excluding hydrogens is 220 g/mol. The highest BCUT2D eigenvalue weighted by atomic mass is 15.2. The summed E-state index contributed by atoms with van der Waals surface area (Å²) in [6, 6.07) is 10.9. The smallest absolute Gasteiger partial charge is 0.0309 e. The Labute approximate surface area is 110 Å². The molecule has 0 amide bonds. The average molecular weight is 244 g/mol. The first-order valence-electron chi connectivity index (χ1n) is 7.28. The Morgan fingerprint density at radius 2 is 2.06 bits per heavy atom. The molecule has 1 N–H and O–H groups in total. The molecule has 2 heteroatoms. The molecule has 0 aromatic heterocycles. The second kappa shape index (κ2) is 5.02. The van der Waals surface area contributed by atoms with Crippen LogP contribution < -0.4 is 5.32 Å². The van der Waals surface area contributed by atoms with Gasteiger partial charge in [0.25, 0.3) is 0 Å². The third kappa shape index (κ3) is 2.76. The van der Waals surface area contributed by atoms with Crippen LogP contribution in [0.15, 0.2) is 30.3 Å². The number of hydrogen-bond acceptors (Lipinski definition) is 2. The highest BCUT2D eigenvalue weighted by Gasteiger charge is 2.43. The summed E-state index contributed by atoms with van der Waals surface area (Å²) < 4.78 is 0. The standard InChI is InChI=1S/C16H24N2/c1-16(15-7-8-15)13-18(12-10-17-16)11-9-14-5-3-2-4-6-14/h2-6,15,17H,7-13H2,1H3. The quantitative estimate of drug-likeness (QED) is 0.874. The molecule has 2 nitrogen and oxygen atoms in total. The van der Waals surface area contributed by atoms with Crippen LogP contribution in [0.2, 0.25) is 0 Å². The molecule has 1 saturated heterocycles. The van der Waals surface area contributed by atoms with Gasteiger partial charge in [0.2, 0.25) is 0 Å². The maximum atomic E-state index is 3.74. The van der Waals surface area contributed by atoms with E-state index in [1.807, 2.05) is 0 Å². The van der Waals surface area contributed by atoms with E-state index >= 15 is 0 Å². The average Bonchev–Trinajstić information content (AvgIpc) is 3.22. The molecule has 1 heterocycles. The van der Waals surface area contributed by atoms with Crippen LogP contribution in [0.5, 0.6) is 0 Å². The third-order valence-corrected chi connectivity index (χ3v) is 4.55. The molecule has 1 saturated carbocycles. The zero-order chi connectivity index (χ0) is 12.4. The fourth-order valence-corrected chi connectivity index (χ4v) is 3.22. The zero-order valence-electron chi connectivity index (χ0n) is 11.4. The summed E-state index contributed by atoms with van der Waals surface area (Å²) >= 11 is 0. The minimum absolute atomic E-state index is 0.384. The van der Waals surface area contributed by atoms with Crippen molar-refractivity contribution < 1.29 is 0 Å². The summed E-state index contributed by atoms with van der Waals surface area (Å²) in [7, 11) is 0. The van der Waals surface area contributed by atoms with Crippen molar-refractivity contribution in [2.75, 3.05) is 26.2 Å². The van der Waals surface area contributed by atoms with E-state index < -0.39 is 0 Å². The van der Waals surface area contributed by atoms with Gasteiger partial charge >= 0.3 is 0 Å². The second-order valence-electron chi connectivity index (χ2n) is 6.13.